The summed E-state index contributed by atoms with van der Waals surface area (Å²) in [6.45, 7) is 3.51. The van der Waals surface area contributed by atoms with Gasteiger partial charge in [0.2, 0.25) is 5.91 Å². The summed E-state index contributed by atoms with van der Waals surface area (Å²) in [4.78, 5) is 15.7. The van der Waals surface area contributed by atoms with Gasteiger partial charge in [-0.2, -0.15) is 0 Å². The van der Waals surface area contributed by atoms with Crippen molar-refractivity contribution in [3.8, 4) is 0 Å². The highest BCUT2D eigenvalue weighted by Crippen LogP contribution is 2.15. The van der Waals surface area contributed by atoms with Crippen LogP contribution in [-0.2, 0) is 24.4 Å². The van der Waals surface area contributed by atoms with Crippen molar-refractivity contribution < 1.29 is 4.79 Å². The van der Waals surface area contributed by atoms with Crippen LogP contribution in [0.3, 0.4) is 0 Å². The van der Waals surface area contributed by atoms with Gasteiger partial charge in [0.25, 0.3) is 0 Å². The minimum atomic E-state index is -0.0838. The Morgan fingerprint density at radius 2 is 2.17 bits per heavy atom. The monoisotopic (exact) mass is 346 g/mol. The molecule has 0 atom stereocenters. The number of tetrazole rings is 1. The fourth-order valence-electron chi connectivity index (χ4n) is 2.78. The molecular weight excluding hydrogens is 324 g/mol. The van der Waals surface area contributed by atoms with Crippen LogP contribution in [-0.4, -0.2) is 50.4 Å². The van der Waals surface area contributed by atoms with E-state index in [-0.39, 0.29) is 12.5 Å². The number of amides is 1. The third-order valence-corrected chi connectivity index (χ3v) is 4.81. The molecule has 1 aliphatic rings. The highest BCUT2D eigenvalue weighted by atomic mass is 32.2. The molecule has 1 saturated heterocycles. The minimum Gasteiger partial charge on any atom is -0.350 e. The molecule has 128 valence electrons. The number of nitrogens with one attached hydrogen (secondary N) is 1. The number of carbonyl (C=O) groups is 1. The Morgan fingerprint density at radius 1 is 1.33 bits per heavy atom. The highest BCUT2D eigenvalue weighted by Gasteiger charge is 2.17. The van der Waals surface area contributed by atoms with Gasteiger partial charge in [0.15, 0.2) is 5.82 Å². The summed E-state index contributed by atoms with van der Waals surface area (Å²) in [5.74, 6) is 0.663. The van der Waals surface area contributed by atoms with E-state index in [9.17, 15) is 4.79 Å². The summed E-state index contributed by atoms with van der Waals surface area (Å²) < 4.78 is 1.59. The molecule has 0 bridgehead atoms. The van der Waals surface area contributed by atoms with Gasteiger partial charge in [-0.3, -0.25) is 9.69 Å². The van der Waals surface area contributed by atoms with Crippen LogP contribution in [0.4, 0.5) is 0 Å². The van der Waals surface area contributed by atoms with Crippen molar-refractivity contribution in [1.82, 2.24) is 30.4 Å². The van der Waals surface area contributed by atoms with Crippen molar-refractivity contribution in [3.63, 3.8) is 0 Å². The summed E-state index contributed by atoms with van der Waals surface area (Å²) in [6.07, 6.45) is 4.48. The maximum atomic E-state index is 12.2. The van der Waals surface area contributed by atoms with E-state index in [2.05, 4.69) is 37.9 Å². The van der Waals surface area contributed by atoms with Gasteiger partial charge >= 0.3 is 0 Å². The van der Waals surface area contributed by atoms with Crippen LogP contribution in [0.1, 0.15) is 24.2 Å². The number of aromatic nitrogens is 4. The van der Waals surface area contributed by atoms with E-state index in [1.165, 1.54) is 17.7 Å². The Balaban J connectivity index is 1.52. The summed E-state index contributed by atoms with van der Waals surface area (Å²) in [6, 6.07) is 8.15. The number of thioether (sulfide) groups is 1. The predicted molar refractivity (Wildman–Crippen MR) is 92.4 cm³/mol. The largest absolute Gasteiger partial charge is 0.350 e. The third kappa shape index (κ3) is 4.55. The van der Waals surface area contributed by atoms with E-state index < -0.39 is 0 Å². The zero-order valence-corrected chi connectivity index (χ0v) is 14.6. The second-order valence-electron chi connectivity index (χ2n) is 5.86. The summed E-state index contributed by atoms with van der Waals surface area (Å²) in [7, 11) is 0. The molecule has 8 heteroatoms. The maximum Gasteiger partial charge on any atom is 0.242 e. The van der Waals surface area contributed by atoms with Gasteiger partial charge in [0.1, 0.15) is 6.54 Å². The molecule has 24 heavy (non-hydrogen) atoms. The summed E-state index contributed by atoms with van der Waals surface area (Å²) in [5, 5.41) is 14.6. The number of benzene rings is 1. The number of likely N-dealkylation sites (tertiary alicyclic amines) is 1. The second kappa shape index (κ2) is 8.25. The van der Waals surface area contributed by atoms with Gasteiger partial charge < -0.3 is 5.32 Å². The van der Waals surface area contributed by atoms with E-state index in [1.54, 1.807) is 16.4 Å². The molecule has 0 saturated carbocycles. The van der Waals surface area contributed by atoms with E-state index >= 15 is 0 Å². The van der Waals surface area contributed by atoms with E-state index in [4.69, 9.17) is 0 Å². The predicted octanol–water partition coefficient (Wildman–Crippen LogP) is 1.31. The van der Waals surface area contributed by atoms with Gasteiger partial charge in [-0.1, -0.05) is 12.1 Å². The van der Waals surface area contributed by atoms with Crippen molar-refractivity contribution in [2.75, 3.05) is 19.3 Å². The van der Waals surface area contributed by atoms with Crippen LogP contribution in [0.5, 0.6) is 0 Å². The fraction of sp³-hybridized carbons (Fsp3) is 0.500. The fourth-order valence-corrected chi connectivity index (χ4v) is 3.26. The molecule has 1 N–H and O–H groups in total. The first-order chi connectivity index (χ1) is 11.7. The Labute approximate surface area is 145 Å². The van der Waals surface area contributed by atoms with Crippen molar-refractivity contribution in [2.24, 2.45) is 0 Å². The van der Waals surface area contributed by atoms with Crippen LogP contribution >= 0.6 is 11.8 Å². The van der Waals surface area contributed by atoms with Gasteiger partial charge in [-0.25, -0.2) is 4.68 Å². The lowest BCUT2D eigenvalue weighted by atomic mass is 10.2. The standard InChI is InChI=1S/C16H22N6OS/c1-24-14-6-4-5-13(9-14)10-17-16(23)12-22-15(18-19-20-22)11-21-7-2-3-8-21/h4-6,9H,2-3,7-8,10-12H2,1H3,(H,17,23). The van der Waals surface area contributed by atoms with Crippen LogP contribution in [0, 0.1) is 0 Å². The topological polar surface area (TPSA) is 75.9 Å². The Bertz CT molecular complexity index is 683. The van der Waals surface area contributed by atoms with Crippen molar-refractivity contribution in [3.05, 3.63) is 35.7 Å². The quantitative estimate of drug-likeness (QED) is 0.762. The highest BCUT2D eigenvalue weighted by molar-refractivity contribution is 7.98. The number of carbonyl (C=O) groups excluding carboxylic acids is 1. The van der Waals surface area contributed by atoms with Gasteiger partial charge in [-0.15, -0.1) is 16.9 Å². The molecule has 0 unspecified atom stereocenters. The van der Waals surface area contributed by atoms with Gasteiger partial charge in [0.05, 0.1) is 6.54 Å². The first-order valence-corrected chi connectivity index (χ1v) is 9.34. The number of rotatable bonds is 7. The Morgan fingerprint density at radius 3 is 2.96 bits per heavy atom. The molecular formula is C16H22N6OS. The van der Waals surface area contributed by atoms with Crippen molar-refractivity contribution >= 4 is 17.7 Å². The molecule has 0 spiro atoms. The van der Waals surface area contributed by atoms with E-state index in [0.29, 0.717) is 13.1 Å². The van der Waals surface area contributed by atoms with E-state index in [1.807, 2.05) is 18.4 Å². The van der Waals surface area contributed by atoms with Crippen molar-refractivity contribution in [2.45, 2.75) is 37.4 Å². The average Bonchev–Trinajstić information content (AvgIpc) is 3.26. The van der Waals surface area contributed by atoms with Gasteiger partial charge in [0, 0.05) is 11.4 Å². The molecule has 1 aliphatic heterocycles. The average molecular weight is 346 g/mol. The maximum absolute atomic E-state index is 12.2. The molecule has 2 aromatic rings. The lowest BCUT2D eigenvalue weighted by molar-refractivity contribution is -0.122. The van der Waals surface area contributed by atoms with Crippen molar-refractivity contribution in [1.29, 1.82) is 0 Å². The number of hydrogen-bond donors (Lipinski definition) is 1. The summed E-state index contributed by atoms with van der Waals surface area (Å²) in [5.41, 5.74) is 1.09. The molecule has 0 radical (unpaired) electrons. The SMILES string of the molecule is CSc1cccc(CNC(=O)Cn2nnnc2CN2CCCC2)c1. The van der Waals surface area contributed by atoms with Crippen LogP contribution in [0.15, 0.2) is 29.2 Å². The third-order valence-electron chi connectivity index (χ3n) is 4.09. The number of nitrogens with zero attached hydrogens (tertiary/aromatic N) is 5. The lowest BCUT2D eigenvalue weighted by Crippen LogP contribution is -2.29. The Hall–Kier alpha value is -1.93. The first-order valence-electron chi connectivity index (χ1n) is 8.11. The summed E-state index contributed by atoms with van der Waals surface area (Å²) >= 11 is 1.69. The molecule has 0 aliphatic carbocycles. The minimum absolute atomic E-state index is 0.0838. The molecule has 2 heterocycles. The zero-order chi connectivity index (χ0) is 16.8. The second-order valence-corrected chi connectivity index (χ2v) is 6.74. The van der Waals surface area contributed by atoms with Crippen LogP contribution in [0.2, 0.25) is 0 Å². The van der Waals surface area contributed by atoms with Gasteiger partial charge in [-0.05, 0) is 60.3 Å². The van der Waals surface area contributed by atoms with Crippen LogP contribution < -0.4 is 5.32 Å². The molecule has 7 nitrogen and oxygen atoms in total. The van der Waals surface area contributed by atoms with E-state index in [0.717, 1.165) is 24.5 Å². The lowest BCUT2D eigenvalue weighted by Gasteiger charge is -2.13. The molecule has 3 rings (SSSR count). The molecule has 1 amide bonds. The normalized spacial score (nSPS) is 14.9. The molecule has 1 fully saturated rings. The first kappa shape index (κ1) is 16.9. The Kier molecular flexibility index (Phi) is 5.81. The zero-order valence-electron chi connectivity index (χ0n) is 13.8. The smallest absolute Gasteiger partial charge is 0.242 e. The van der Waals surface area contributed by atoms with Crippen LogP contribution in [0.25, 0.3) is 0 Å². The molecule has 1 aromatic carbocycles. The number of hydrogen-bond acceptors (Lipinski definition) is 6. The molecule has 1 aromatic heterocycles.